The molecule has 24 heavy (non-hydrogen) atoms. The molecule has 5 nitrogen and oxygen atoms in total. The van der Waals surface area contributed by atoms with Crippen LogP contribution in [0.25, 0.3) is 0 Å². The van der Waals surface area contributed by atoms with Gasteiger partial charge < -0.3 is 9.84 Å². The molecule has 0 spiro atoms. The van der Waals surface area contributed by atoms with Crippen molar-refractivity contribution in [2.45, 2.75) is 61.8 Å². The normalized spacial score (nSPS) is 16.8. The van der Waals surface area contributed by atoms with Crippen molar-refractivity contribution in [1.82, 2.24) is 0 Å². The fraction of sp³-hybridized carbons (Fsp3) is 0.842. The van der Waals surface area contributed by atoms with Gasteiger partial charge in [-0.05, 0) is 30.1 Å². The van der Waals surface area contributed by atoms with Crippen LogP contribution in [0.4, 0.5) is 0 Å². The third kappa shape index (κ3) is 3.91. The molecule has 5 heteroatoms. The van der Waals surface area contributed by atoms with Crippen molar-refractivity contribution >= 4 is 11.9 Å². The van der Waals surface area contributed by atoms with Crippen molar-refractivity contribution in [3.05, 3.63) is 0 Å². The largest absolute Gasteiger partial charge is 0.481 e. The number of nitriles is 1. The molecule has 0 saturated carbocycles. The number of ether oxygens (including phenoxy) is 1. The van der Waals surface area contributed by atoms with Crippen molar-refractivity contribution in [3.63, 3.8) is 0 Å². The summed E-state index contributed by atoms with van der Waals surface area (Å²) in [6, 6.07) is 2.09. The van der Waals surface area contributed by atoms with E-state index in [0.29, 0.717) is 0 Å². The van der Waals surface area contributed by atoms with Crippen LogP contribution in [-0.2, 0) is 14.3 Å². The van der Waals surface area contributed by atoms with Crippen molar-refractivity contribution < 1.29 is 19.4 Å². The van der Waals surface area contributed by atoms with Crippen LogP contribution in [0.15, 0.2) is 0 Å². The van der Waals surface area contributed by atoms with Gasteiger partial charge in [0.25, 0.3) is 0 Å². The van der Waals surface area contributed by atoms with Crippen LogP contribution < -0.4 is 0 Å². The van der Waals surface area contributed by atoms with E-state index in [1.54, 1.807) is 27.7 Å². The number of nitrogens with zero attached hydrogens (tertiary/aromatic N) is 1. The van der Waals surface area contributed by atoms with Gasteiger partial charge in [0, 0.05) is 0 Å². The maximum Gasteiger partial charge on any atom is 0.327 e. The highest BCUT2D eigenvalue weighted by molar-refractivity contribution is 5.90. The zero-order chi connectivity index (χ0) is 19.3. The maximum atomic E-state index is 13.0. The second-order valence-electron chi connectivity index (χ2n) is 8.10. The van der Waals surface area contributed by atoms with E-state index in [-0.39, 0.29) is 24.9 Å². The molecule has 0 saturated heterocycles. The van der Waals surface area contributed by atoms with Gasteiger partial charge in [-0.15, -0.1) is 0 Å². The van der Waals surface area contributed by atoms with E-state index in [4.69, 9.17) is 4.74 Å². The summed E-state index contributed by atoms with van der Waals surface area (Å²) in [6.45, 7) is 14.8. The molecule has 0 amide bonds. The quantitative estimate of drug-likeness (QED) is 0.638. The van der Waals surface area contributed by atoms with Gasteiger partial charge >= 0.3 is 11.9 Å². The zero-order valence-corrected chi connectivity index (χ0v) is 16.3. The Morgan fingerprint density at radius 1 is 1.00 bits per heavy atom. The van der Waals surface area contributed by atoms with Crippen LogP contribution in [0, 0.1) is 45.8 Å². The lowest BCUT2D eigenvalue weighted by atomic mass is 9.51. The Morgan fingerprint density at radius 2 is 1.50 bits per heavy atom. The molecule has 0 aliphatic heterocycles. The number of esters is 1. The van der Waals surface area contributed by atoms with Crippen LogP contribution in [-0.4, -0.2) is 23.7 Å². The van der Waals surface area contributed by atoms with E-state index in [0.717, 1.165) is 0 Å². The van der Waals surface area contributed by atoms with Gasteiger partial charge in [-0.3, -0.25) is 9.59 Å². The molecule has 0 aromatic rings. The summed E-state index contributed by atoms with van der Waals surface area (Å²) in [5.74, 6) is -2.58. The molecular formula is C19H33NO4. The lowest BCUT2D eigenvalue weighted by molar-refractivity contribution is -0.184. The van der Waals surface area contributed by atoms with Gasteiger partial charge in [0.1, 0.15) is 0 Å². The Bertz CT molecular complexity index is 490. The molecule has 0 aromatic carbocycles. The van der Waals surface area contributed by atoms with E-state index in [1.807, 2.05) is 27.7 Å². The molecule has 0 radical (unpaired) electrons. The summed E-state index contributed by atoms with van der Waals surface area (Å²) >= 11 is 0. The topological polar surface area (TPSA) is 87.4 Å². The number of aliphatic carboxylic acids is 1. The first-order chi connectivity index (χ1) is 10.9. The number of carboxylic acid groups (broad SMARTS) is 1. The first kappa shape index (κ1) is 22.4. The molecule has 138 valence electrons. The van der Waals surface area contributed by atoms with Crippen LogP contribution in [0.5, 0.6) is 0 Å². The standard InChI is InChI=1S/C19H33NO4/c1-12(2)9-18(14(5)6,16(21)22)19(11-20,15(7)8)17(23)24-10-13(3)4/h12-15H,9-10H2,1-8H3,(H,21,22). The Morgan fingerprint density at radius 3 is 1.75 bits per heavy atom. The fourth-order valence-electron chi connectivity index (χ4n) is 3.56. The number of rotatable bonds is 9. The van der Waals surface area contributed by atoms with Crippen molar-refractivity contribution in [1.29, 1.82) is 5.26 Å². The molecule has 0 aromatic heterocycles. The third-order valence-electron chi connectivity index (χ3n) is 4.71. The number of carboxylic acids is 1. The van der Waals surface area contributed by atoms with Gasteiger partial charge in [0.2, 0.25) is 0 Å². The predicted octanol–water partition coefficient (Wildman–Crippen LogP) is 4.12. The molecule has 0 fully saturated rings. The Balaban J connectivity index is 6.47. The van der Waals surface area contributed by atoms with Gasteiger partial charge in [0.15, 0.2) is 5.41 Å². The van der Waals surface area contributed by atoms with Crippen LogP contribution >= 0.6 is 0 Å². The van der Waals surface area contributed by atoms with Gasteiger partial charge in [0.05, 0.1) is 18.1 Å². The smallest absolute Gasteiger partial charge is 0.327 e. The SMILES string of the molecule is CC(C)COC(=O)C(C#N)(C(C)C)C(CC(C)C)(C(=O)O)C(C)C. The maximum absolute atomic E-state index is 13.0. The highest BCUT2D eigenvalue weighted by Gasteiger charge is 2.66. The second kappa shape index (κ2) is 8.50. The number of hydrogen-bond acceptors (Lipinski definition) is 4. The summed E-state index contributed by atoms with van der Waals surface area (Å²) in [7, 11) is 0. The average Bonchev–Trinajstić information content (AvgIpc) is 2.43. The summed E-state index contributed by atoms with van der Waals surface area (Å²) < 4.78 is 5.38. The number of carbonyl (C=O) groups is 2. The van der Waals surface area contributed by atoms with Crippen LogP contribution in [0.1, 0.15) is 61.8 Å². The average molecular weight is 339 g/mol. The third-order valence-corrected chi connectivity index (χ3v) is 4.71. The summed E-state index contributed by atoms with van der Waals surface area (Å²) in [5.41, 5.74) is -3.23. The molecule has 2 atom stereocenters. The van der Waals surface area contributed by atoms with Crippen LogP contribution in [0.2, 0.25) is 0 Å². The van der Waals surface area contributed by atoms with Gasteiger partial charge in [-0.2, -0.15) is 5.26 Å². The number of hydrogen-bond donors (Lipinski definition) is 1. The first-order valence-electron chi connectivity index (χ1n) is 8.71. The van der Waals surface area contributed by atoms with E-state index in [2.05, 4.69) is 6.07 Å². The van der Waals surface area contributed by atoms with Crippen LogP contribution in [0.3, 0.4) is 0 Å². The lowest BCUT2D eigenvalue weighted by Gasteiger charge is -2.47. The molecule has 0 aliphatic rings. The Labute approximate surface area is 146 Å². The molecule has 0 rings (SSSR count). The van der Waals surface area contributed by atoms with Gasteiger partial charge in [-0.1, -0.05) is 55.4 Å². The number of carbonyl (C=O) groups excluding carboxylic acids is 1. The monoisotopic (exact) mass is 339 g/mol. The minimum Gasteiger partial charge on any atom is -0.481 e. The van der Waals surface area contributed by atoms with Crippen molar-refractivity contribution in [3.8, 4) is 6.07 Å². The van der Waals surface area contributed by atoms with E-state index < -0.39 is 34.6 Å². The van der Waals surface area contributed by atoms with E-state index in [9.17, 15) is 20.0 Å². The minimum absolute atomic E-state index is 0.0212. The minimum atomic E-state index is -1.73. The Kier molecular flexibility index (Phi) is 7.95. The molecule has 0 heterocycles. The first-order valence-corrected chi connectivity index (χ1v) is 8.71. The highest BCUT2D eigenvalue weighted by atomic mass is 16.5. The Hall–Kier alpha value is -1.57. The lowest BCUT2D eigenvalue weighted by Crippen LogP contribution is -2.58. The molecule has 0 aliphatic carbocycles. The molecular weight excluding hydrogens is 306 g/mol. The molecule has 2 unspecified atom stereocenters. The predicted molar refractivity (Wildman–Crippen MR) is 93.0 cm³/mol. The summed E-state index contributed by atoms with van der Waals surface area (Å²) in [6.07, 6.45) is 0.239. The summed E-state index contributed by atoms with van der Waals surface area (Å²) in [4.78, 5) is 25.4. The fourth-order valence-corrected chi connectivity index (χ4v) is 3.56. The summed E-state index contributed by atoms with van der Waals surface area (Å²) in [5, 5.41) is 20.1. The van der Waals surface area contributed by atoms with E-state index >= 15 is 0 Å². The molecule has 0 bridgehead atoms. The van der Waals surface area contributed by atoms with E-state index in [1.165, 1.54) is 0 Å². The second-order valence-corrected chi connectivity index (χ2v) is 8.10. The van der Waals surface area contributed by atoms with Crippen molar-refractivity contribution in [2.75, 3.05) is 6.61 Å². The highest BCUT2D eigenvalue weighted by Crippen LogP contribution is 2.54. The van der Waals surface area contributed by atoms with Crippen molar-refractivity contribution in [2.24, 2.45) is 34.5 Å². The zero-order valence-electron chi connectivity index (χ0n) is 16.3. The van der Waals surface area contributed by atoms with Gasteiger partial charge in [-0.25, -0.2) is 0 Å². The molecule has 1 N–H and O–H groups in total.